The second-order valence-electron chi connectivity index (χ2n) is 3.97. The average Bonchev–Trinajstić information content (AvgIpc) is 2.75. The Kier molecular flexibility index (Phi) is 4.45. The van der Waals surface area contributed by atoms with E-state index in [9.17, 15) is 4.39 Å². The molecular weight excluding hydrogens is 317 g/mol. The molecule has 1 aromatic heterocycles. The molecular formula is C12H13BrFN3S. The molecule has 1 atom stereocenters. The molecule has 0 saturated heterocycles. The summed E-state index contributed by atoms with van der Waals surface area (Å²) < 4.78 is 14.1. The monoisotopic (exact) mass is 329 g/mol. The van der Waals surface area contributed by atoms with Crippen LogP contribution in [0.25, 0.3) is 0 Å². The molecule has 0 spiro atoms. The molecule has 3 N–H and O–H groups in total. The standard InChI is InChI=1S/C12H13BrFN3S/c1-7-6-18-12(16-7)5-11(17-15)9-4-8(14)2-3-10(9)13/h2-4,6,11,17H,5,15H2,1H3. The summed E-state index contributed by atoms with van der Waals surface area (Å²) in [6.45, 7) is 1.95. The van der Waals surface area contributed by atoms with Crippen molar-refractivity contribution >= 4 is 27.3 Å². The van der Waals surface area contributed by atoms with Gasteiger partial charge in [0.2, 0.25) is 0 Å². The third-order valence-electron chi connectivity index (χ3n) is 2.58. The minimum atomic E-state index is -0.274. The van der Waals surface area contributed by atoms with E-state index >= 15 is 0 Å². The number of nitrogens with two attached hydrogens (primary N) is 1. The number of aryl methyl sites for hydroxylation is 1. The largest absolute Gasteiger partial charge is 0.271 e. The summed E-state index contributed by atoms with van der Waals surface area (Å²) in [5.41, 5.74) is 4.50. The van der Waals surface area contributed by atoms with Gasteiger partial charge in [-0.05, 0) is 30.7 Å². The highest BCUT2D eigenvalue weighted by atomic mass is 79.9. The van der Waals surface area contributed by atoms with Crippen molar-refractivity contribution in [1.82, 2.24) is 10.4 Å². The third-order valence-corrected chi connectivity index (χ3v) is 4.29. The van der Waals surface area contributed by atoms with Crippen molar-refractivity contribution in [3.05, 3.63) is 50.1 Å². The van der Waals surface area contributed by atoms with Gasteiger partial charge >= 0.3 is 0 Å². The molecule has 18 heavy (non-hydrogen) atoms. The number of hydrazine groups is 1. The van der Waals surface area contributed by atoms with Crippen molar-refractivity contribution in [3.63, 3.8) is 0 Å². The molecule has 0 radical (unpaired) electrons. The first-order chi connectivity index (χ1) is 8.60. The molecule has 0 aliphatic heterocycles. The lowest BCUT2D eigenvalue weighted by Crippen LogP contribution is -2.30. The minimum Gasteiger partial charge on any atom is -0.271 e. The van der Waals surface area contributed by atoms with Gasteiger partial charge in [0.05, 0.1) is 11.0 Å². The molecule has 6 heteroatoms. The summed E-state index contributed by atoms with van der Waals surface area (Å²) in [6.07, 6.45) is 0.636. The van der Waals surface area contributed by atoms with Gasteiger partial charge in [-0.3, -0.25) is 11.3 Å². The Balaban J connectivity index is 2.25. The predicted octanol–water partition coefficient (Wildman–Crippen LogP) is 3.10. The summed E-state index contributed by atoms with van der Waals surface area (Å²) in [6, 6.07) is 4.41. The molecule has 0 fully saturated rings. The molecule has 2 rings (SSSR count). The van der Waals surface area contributed by atoms with Crippen LogP contribution in [0.15, 0.2) is 28.1 Å². The van der Waals surface area contributed by atoms with E-state index in [1.807, 2.05) is 12.3 Å². The molecule has 0 bridgehead atoms. The van der Waals surface area contributed by atoms with Crippen molar-refractivity contribution in [3.8, 4) is 0 Å². The summed E-state index contributed by atoms with van der Waals surface area (Å²) in [7, 11) is 0. The zero-order valence-corrected chi connectivity index (χ0v) is 12.2. The number of aromatic nitrogens is 1. The number of halogens is 2. The molecule has 0 aliphatic rings. The SMILES string of the molecule is Cc1csc(CC(NN)c2cc(F)ccc2Br)n1. The Morgan fingerprint density at radius 1 is 1.56 bits per heavy atom. The number of benzene rings is 1. The van der Waals surface area contributed by atoms with Crippen LogP contribution < -0.4 is 11.3 Å². The van der Waals surface area contributed by atoms with Crippen LogP contribution in [0.3, 0.4) is 0 Å². The molecule has 1 heterocycles. The molecule has 96 valence electrons. The molecule has 1 aromatic carbocycles. The van der Waals surface area contributed by atoms with Gasteiger partial charge in [-0.15, -0.1) is 11.3 Å². The van der Waals surface area contributed by atoms with Gasteiger partial charge in [0.25, 0.3) is 0 Å². The molecule has 1 unspecified atom stereocenters. The first kappa shape index (κ1) is 13.6. The van der Waals surface area contributed by atoms with Crippen molar-refractivity contribution in [2.75, 3.05) is 0 Å². The minimum absolute atomic E-state index is 0.166. The maximum atomic E-state index is 13.3. The van der Waals surface area contributed by atoms with Gasteiger partial charge in [-0.2, -0.15) is 0 Å². The van der Waals surface area contributed by atoms with E-state index in [-0.39, 0.29) is 11.9 Å². The highest BCUT2D eigenvalue weighted by Gasteiger charge is 2.16. The second kappa shape index (κ2) is 5.88. The van der Waals surface area contributed by atoms with Gasteiger partial charge in [0, 0.05) is 22.0 Å². The van der Waals surface area contributed by atoms with E-state index in [2.05, 4.69) is 26.3 Å². The number of hydrogen-bond donors (Lipinski definition) is 2. The lowest BCUT2D eigenvalue weighted by atomic mass is 10.0. The van der Waals surface area contributed by atoms with E-state index in [1.165, 1.54) is 12.1 Å². The van der Waals surface area contributed by atoms with Crippen molar-refractivity contribution < 1.29 is 4.39 Å². The molecule has 0 saturated carbocycles. The fraction of sp³-hybridized carbons (Fsp3) is 0.250. The zero-order valence-electron chi connectivity index (χ0n) is 9.78. The van der Waals surface area contributed by atoms with Crippen LogP contribution in [0.1, 0.15) is 22.3 Å². The number of hydrogen-bond acceptors (Lipinski definition) is 4. The average molecular weight is 330 g/mol. The van der Waals surface area contributed by atoms with E-state index in [4.69, 9.17) is 5.84 Å². The fourth-order valence-electron chi connectivity index (χ4n) is 1.71. The maximum Gasteiger partial charge on any atom is 0.123 e. The third kappa shape index (κ3) is 3.14. The predicted molar refractivity (Wildman–Crippen MR) is 74.7 cm³/mol. The fourth-order valence-corrected chi connectivity index (χ4v) is 3.05. The first-order valence-electron chi connectivity index (χ1n) is 5.42. The van der Waals surface area contributed by atoms with Crippen LogP contribution in [-0.4, -0.2) is 4.98 Å². The zero-order chi connectivity index (χ0) is 13.1. The molecule has 0 amide bonds. The van der Waals surface area contributed by atoms with Crippen molar-refractivity contribution in [2.24, 2.45) is 5.84 Å². The number of thiazole rings is 1. The van der Waals surface area contributed by atoms with E-state index < -0.39 is 0 Å². The van der Waals surface area contributed by atoms with Gasteiger partial charge in [-0.25, -0.2) is 9.37 Å². The maximum absolute atomic E-state index is 13.3. The quantitative estimate of drug-likeness (QED) is 0.669. The van der Waals surface area contributed by atoms with Gasteiger partial charge in [0.1, 0.15) is 5.82 Å². The normalized spacial score (nSPS) is 12.7. The van der Waals surface area contributed by atoms with Crippen molar-refractivity contribution in [1.29, 1.82) is 0 Å². The Hall–Kier alpha value is -0.820. The van der Waals surface area contributed by atoms with Crippen LogP contribution in [-0.2, 0) is 6.42 Å². The van der Waals surface area contributed by atoms with Gasteiger partial charge in [0.15, 0.2) is 0 Å². The summed E-state index contributed by atoms with van der Waals surface area (Å²) in [5.74, 6) is 5.29. The number of nitrogens with one attached hydrogen (secondary N) is 1. The Bertz CT molecular complexity index is 544. The molecule has 3 nitrogen and oxygen atoms in total. The van der Waals surface area contributed by atoms with Crippen molar-refractivity contribution in [2.45, 2.75) is 19.4 Å². The van der Waals surface area contributed by atoms with Crippen LogP contribution in [0.5, 0.6) is 0 Å². The lowest BCUT2D eigenvalue weighted by Gasteiger charge is -2.16. The van der Waals surface area contributed by atoms with E-state index in [0.717, 1.165) is 20.7 Å². The Morgan fingerprint density at radius 2 is 2.33 bits per heavy atom. The molecule has 2 aromatic rings. The highest BCUT2D eigenvalue weighted by molar-refractivity contribution is 9.10. The number of nitrogens with zero attached hydrogens (tertiary/aromatic N) is 1. The van der Waals surface area contributed by atoms with E-state index in [1.54, 1.807) is 17.4 Å². The highest BCUT2D eigenvalue weighted by Crippen LogP contribution is 2.27. The van der Waals surface area contributed by atoms with Crippen LogP contribution in [0.2, 0.25) is 0 Å². The second-order valence-corrected chi connectivity index (χ2v) is 5.77. The molecule has 0 aliphatic carbocycles. The number of rotatable bonds is 4. The Morgan fingerprint density at radius 3 is 2.94 bits per heavy atom. The smallest absolute Gasteiger partial charge is 0.123 e. The topological polar surface area (TPSA) is 50.9 Å². The van der Waals surface area contributed by atoms with Crippen LogP contribution in [0, 0.1) is 12.7 Å². The van der Waals surface area contributed by atoms with Crippen LogP contribution >= 0.6 is 27.3 Å². The summed E-state index contributed by atoms with van der Waals surface area (Å²) in [4.78, 5) is 4.39. The van der Waals surface area contributed by atoms with E-state index in [0.29, 0.717) is 6.42 Å². The first-order valence-corrected chi connectivity index (χ1v) is 7.09. The van der Waals surface area contributed by atoms with Gasteiger partial charge in [-0.1, -0.05) is 15.9 Å². The van der Waals surface area contributed by atoms with Gasteiger partial charge < -0.3 is 0 Å². The summed E-state index contributed by atoms with van der Waals surface area (Å²) >= 11 is 4.99. The summed E-state index contributed by atoms with van der Waals surface area (Å²) in [5, 5.41) is 2.97. The lowest BCUT2D eigenvalue weighted by molar-refractivity contribution is 0.541. The van der Waals surface area contributed by atoms with Crippen LogP contribution in [0.4, 0.5) is 4.39 Å². The Labute approximate surface area is 117 Å².